The molecule has 0 aliphatic heterocycles. The van der Waals surface area contributed by atoms with Crippen LogP contribution in [0, 0.1) is 12.8 Å². The molecule has 2 nitrogen and oxygen atoms in total. The van der Waals surface area contributed by atoms with E-state index < -0.39 is 0 Å². The van der Waals surface area contributed by atoms with Crippen molar-refractivity contribution < 1.29 is 4.79 Å². The van der Waals surface area contributed by atoms with Gasteiger partial charge in [0.05, 0.1) is 6.04 Å². The van der Waals surface area contributed by atoms with Gasteiger partial charge in [-0.3, -0.25) is 4.79 Å². The van der Waals surface area contributed by atoms with Crippen LogP contribution >= 0.6 is 0 Å². The molecule has 0 spiro atoms. The van der Waals surface area contributed by atoms with Gasteiger partial charge in [-0.05, 0) is 43.4 Å². The zero-order chi connectivity index (χ0) is 13.9. The Morgan fingerprint density at radius 3 is 2.50 bits per heavy atom. The van der Waals surface area contributed by atoms with Gasteiger partial charge in [0, 0.05) is 5.56 Å². The third kappa shape index (κ3) is 2.90. The second kappa shape index (κ2) is 5.49. The van der Waals surface area contributed by atoms with Crippen LogP contribution < -0.4 is 5.32 Å². The van der Waals surface area contributed by atoms with Crippen molar-refractivity contribution >= 4 is 5.91 Å². The van der Waals surface area contributed by atoms with E-state index in [-0.39, 0.29) is 11.9 Å². The van der Waals surface area contributed by atoms with Crippen molar-refractivity contribution in [1.82, 2.24) is 5.32 Å². The fourth-order valence-electron chi connectivity index (χ4n) is 2.57. The molecule has 102 valence electrons. The second-order valence-electron chi connectivity index (χ2n) is 5.57. The summed E-state index contributed by atoms with van der Waals surface area (Å²) in [5.74, 6) is 0.612. The standard InChI is InChI=1S/C18H19NO/c1-13-6-5-9-16(12-13)18(20)19-17(15-10-11-15)14-7-3-2-4-8-14/h2-9,12,15,17H,10-11H2,1H3,(H,19,20)/t17-/m0/s1. The first-order valence-electron chi connectivity index (χ1n) is 7.16. The van der Waals surface area contributed by atoms with Gasteiger partial charge < -0.3 is 5.32 Å². The topological polar surface area (TPSA) is 29.1 Å². The lowest BCUT2D eigenvalue weighted by atomic mass is 10.0. The summed E-state index contributed by atoms with van der Waals surface area (Å²) < 4.78 is 0. The van der Waals surface area contributed by atoms with Crippen molar-refractivity contribution in [3.05, 3.63) is 71.3 Å². The number of amides is 1. The first-order valence-corrected chi connectivity index (χ1v) is 7.16. The fraction of sp³-hybridized carbons (Fsp3) is 0.278. The minimum atomic E-state index is 0.0226. The Kier molecular flexibility index (Phi) is 3.55. The van der Waals surface area contributed by atoms with Gasteiger partial charge in [-0.15, -0.1) is 0 Å². The highest BCUT2D eigenvalue weighted by Crippen LogP contribution is 2.41. The molecule has 0 aromatic heterocycles. The Balaban J connectivity index is 1.79. The molecular formula is C18H19NO. The van der Waals surface area contributed by atoms with Crippen LogP contribution in [0.1, 0.15) is 40.4 Å². The van der Waals surface area contributed by atoms with Gasteiger partial charge >= 0.3 is 0 Å². The van der Waals surface area contributed by atoms with Crippen LogP contribution in [0.25, 0.3) is 0 Å². The molecule has 1 fully saturated rings. The molecule has 1 saturated carbocycles. The molecule has 3 rings (SSSR count). The van der Waals surface area contributed by atoms with Crippen molar-refractivity contribution in [3.8, 4) is 0 Å². The highest BCUT2D eigenvalue weighted by Gasteiger charge is 2.33. The Morgan fingerprint density at radius 2 is 1.85 bits per heavy atom. The monoisotopic (exact) mass is 265 g/mol. The highest BCUT2D eigenvalue weighted by atomic mass is 16.1. The van der Waals surface area contributed by atoms with E-state index in [2.05, 4.69) is 17.4 Å². The number of nitrogens with one attached hydrogen (secondary N) is 1. The molecular weight excluding hydrogens is 246 g/mol. The number of aryl methyl sites for hydroxylation is 1. The summed E-state index contributed by atoms with van der Waals surface area (Å²) in [6.07, 6.45) is 2.40. The molecule has 1 atom stereocenters. The average molecular weight is 265 g/mol. The first kappa shape index (κ1) is 12.9. The number of rotatable bonds is 4. The maximum Gasteiger partial charge on any atom is 0.251 e. The van der Waals surface area contributed by atoms with Crippen LogP contribution in [0.2, 0.25) is 0 Å². The summed E-state index contributed by atoms with van der Waals surface area (Å²) in [6.45, 7) is 2.01. The van der Waals surface area contributed by atoms with E-state index in [1.165, 1.54) is 18.4 Å². The molecule has 0 unspecified atom stereocenters. The quantitative estimate of drug-likeness (QED) is 0.893. The Bertz CT molecular complexity index is 602. The summed E-state index contributed by atoms with van der Waals surface area (Å²) in [4.78, 5) is 12.4. The van der Waals surface area contributed by atoms with Crippen LogP contribution in [0.15, 0.2) is 54.6 Å². The maximum atomic E-state index is 12.4. The molecule has 0 bridgehead atoms. The summed E-state index contributed by atoms with van der Waals surface area (Å²) in [7, 11) is 0. The predicted octanol–water partition coefficient (Wildman–Crippen LogP) is 3.88. The van der Waals surface area contributed by atoms with Crippen molar-refractivity contribution in [2.24, 2.45) is 5.92 Å². The summed E-state index contributed by atoms with van der Waals surface area (Å²) >= 11 is 0. The molecule has 2 aromatic carbocycles. The molecule has 1 amide bonds. The van der Waals surface area contributed by atoms with Gasteiger partial charge in [-0.2, -0.15) is 0 Å². The normalized spacial score (nSPS) is 15.7. The SMILES string of the molecule is Cc1cccc(C(=O)N[C@@H](c2ccccc2)C2CC2)c1. The van der Waals surface area contributed by atoms with Crippen LogP contribution in [-0.4, -0.2) is 5.91 Å². The Labute approximate surface area is 119 Å². The van der Waals surface area contributed by atoms with E-state index in [4.69, 9.17) is 0 Å². The fourth-order valence-corrected chi connectivity index (χ4v) is 2.57. The van der Waals surface area contributed by atoms with Crippen molar-refractivity contribution in [2.75, 3.05) is 0 Å². The van der Waals surface area contributed by atoms with E-state index in [0.29, 0.717) is 5.92 Å². The van der Waals surface area contributed by atoms with E-state index in [9.17, 15) is 4.79 Å². The summed E-state index contributed by atoms with van der Waals surface area (Å²) in [5.41, 5.74) is 3.06. The van der Waals surface area contributed by atoms with Gasteiger partial charge in [-0.1, -0.05) is 48.0 Å². The first-order chi connectivity index (χ1) is 9.74. The minimum absolute atomic E-state index is 0.0226. The van der Waals surface area contributed by atoms with Crippen LogP contribution in [0.3, 0.4) is 0 Å². The largest absolute Gasteiger partial charge is 0.345 e. The molecule has 0 saturated heterocycles. The zero-order valence-corrected chi connectivity index (χ0v) is 11.7. The van der Waals surface area contributed by atoms with Gasteiger partial charge in [-0.25, -0.2) is 0 Å². The van der Waals surface area contributed by atoms with E-state index in [1.807, 2.05) is 49.4 Å². The van der Waals surface area contributed by atoms with Gasteiger partial charge in [0.15, 0.2) is 0 Å². The lowest BCUT2D eigenvalue weighted by Gasteiger charge is -2.19. The summed E-state index contributed by atoms with van der Waals surface area (Å²) in [5, 5.41) is 3.20. The number of hydrogen-bond acceptors (Lipinski definition) is 1. The third-order valence-electron chi connectivity index (χ3n) is 3.82. The number of carbonyl (C=O) groups is 1. The van der Waals surface area contributed by atoms with E-state index in [0.717, 1.165) is 11.1 Å². The number of benzene rings is 2. The summed E-state index contributed by atoms with van der Waals surface area (Å²) in [6, 6.07) is 18.2. The molecule has 20 heavy (non-hydrogen) atoms. The Hall–Kier alpha value is -2.09. The lowest BCUT2D eigenvalue weighted by Crippen LogP contribution is -2.29. The second-order valence-corrected chi connectivity index (χ2v) is 5.57. The molecule has 0 heterocycles. The van der Waals surface area contributed by atoms with Crippen LogP contribution in [0.4, 0.5) is 0 Å². The predicted molar refractivity (Wildman–Crippen MR) is 80.6 cm³/mol. The molecule has 2 aromatic rings. The number of hydrogen-bond donors (Lipinski definition) is 1. The third-order valence-corrected chi connectivity index (χ3v) is 3.82. The Morgan fingerprint density at radius 1 is 1.10 bits per heavy atom. The maximum absolute atomic E-state index is 12.4. The van der Waals surface area contributed by atoms with Gasteiger partial charge in [0.25, 0.3) is 5.91 Å². The van der Waals surface area contributed by atoms with Crippen molar-refractivity contribution in [1.29, 1.82) is 0 Å². The minimum Gasteiger partial charge on any atom is -0.345 e. The molecule has 1 aliphatic carbocycles. The smallest absolute Gasteiger partial charge is 0.251 e. The lowest BCUT2D eigenvalue weighted by molar-refractivity contribution is 0.0931. The van der Waals surface area contributed by atoms with Gasteiger partial charge in [0.2, 0.25) is 0 Å². The number of carbonyl (C=O) groups excluding carboxylic acids is 1. The van der Waals surface area contributed by atoms with E-state index in [1.54, 1.807) is 0 Å². The zero-order valence-electron chi connectivity index (χ0n) is 11.7. The van der Waals surface area contributed by atoms with Crippen LogP contribution in [0.5, 0.6) is 0 Å². The van der Waals surface area contributed by atoms with E-state index >= 15 is 0 Å². The highest BCUT2D eigenvalue weighted by molar-refractivity contribution is 5.94. The molecule has 1 N–H and O–H groups in total. The molecule has 1 aliphatic rings. The molecule has 0 radical (unpaired) electrons. The average Bonchev–Trinajstić information content (AvgIpc) is 3.30. The van der Waals surface area contributed by atoms with Crippen LogP contribution in [-0.2, 0) is 0 Å². The molecule has 2 heteroatoms. The van der Waals surface area contributed by atoms with Gasteiger partial charge in [0.1, 0.15) is 0 Å². The van der Waals surface area contributed by atoms with Crippen molar-refractivity contribution in [2.45, 2.75) is 25.8 Å². The van der Waals surface area contributed by atoms with Crippen molar-refractivity contribution in [3.63, 3.8) is 0 Å².